The standard InChI is InChI=1S/C26H34N10O3/c1-16-12-29-26(30-19-14-35(3)33-25(19)39-5)31-21(16)18-13-28-22-17(18)6-7-27-23(22)32-24(37)20(15-38-4)36-10-8-34(2)9-11-36/h6-7,12-14,20,28H,8-11,15H2,1-5H3,(H,27,32,37)(H,29,30,31)/t20-/m1/s1. The molecule has 0 spiro atoms. The highest BCUT2D eigenvalue weighted by atomic mass is 16.5. The molecule has 5 rings (SSSR count). The number of ether oxygens (including phenoxy) is 2. The van der Waals surface area contributed by atoms with Crippen molar-refractivity contribution in [3.05, 3.63) is 36.4 Å². The number of fused-ring (bicyclic) bond motifs is 1. The van der Waals surface area contributed by atoms with Crippen molar-refractivity contribution in [2.45, 2.75) is 13.0 Å². The lowest BCUT2D eigenvalue weighted by molar-refractivity contribution is -0.124. The monoisotopic (exact) mass is 534 g/mol. The van der Waals surface area contributed by atoms with Crippen LogP contribution in [0.4, 0.5) is 17.5 Å². The summed E-state index contributed by atoms with van der Waals surface area (Å²) in [6.07, 6.45) is 7.13. The molecule has 0 unspecified atom stereocenters. The Morgan fingerprint density at radius 1 is 1.18 bits per heavy atom. The van der Waals surface area contributed by atoms with Crippen molar-refractivity contribution in [3.63, 3.8) is 0 Å². The molecule has 0 aliphatic carbocycles. The van der Waals surface area contributed by atoms with Gasteiger partial charge in [-0.05, 0) is 25.6 Å². The highest BCUT2D eigenvalue weighted by molar-refractivity contribution is 6.05. The number of amides is 1. The van der Waals surface area contributed by atoms with Crippen molar-refractivity contribution in [2.75, 3.05) is 64.7 Å². The van der Waals surface area contributed by atoms with Crippen LogP contribution in [0.2, 0.25) is 0 Å². The molecule has 206 valence electrons. The van der Waals surface area contributed by atoms with Crippen LogP contribution in [0.1, 0.15) is 5.56 Å². The molecule has 5 heterocycles. The van der Waals surface area contributed by atoms with Gasteiger partial charge in [-0.15, -0.1) is 5.10 Å². The fourth-order valence-electron chi connectivity index (χ4n) is 4.78. The zero-order valence-electron chi connectivity index (χ0n) is 22.9. The van der Waals surface area contributed by atoms with Gasteiger partial charge in [-0.1, -0.05) is 0 Å². The first-order valence-corrected chi connectivity index (χ1v) is 12.7. The number of carbonyl (C=O) groups is 1. The Morgan fingerprint density at radius 3 is 2.72 bits per heavy atom. The maximum Gasteiger partial charge on any atom is 0.256 e. The molecule has 1 aliphatic rings. The number of nitrogens with zero attached hydrogens (tertiary/aromatic N) is 7. The van der Waals surface area contributed by atoms with E-state index in [2.05, 4.69) is 47.5 Å². The lowest BCUT2D eigenvalue weighted by atomic mass is 10.1. The fourth-order valence-corrected chi connectivity index (χ4v) is 4.78. The summed E-state index contributed by atoms with van der Waals surface area (Å²) in [5, 5.41) is 11.4. The molecule has 1 saturated heterocycles. The Bertz CT molecular complexity index is 1460. The summed E-state index contributed by atoms with van der Waals surface area (Å²) in [4.78, 5) is 34.8. The first-order chi connectivity index (χ1) is 18.9. The molecule has 0 radical (unpaired) electrons. The molecule has 0 bridgehead atoms. The largest absolute Gasteiger partial charge is 0.478 e. The fraction of sp³-hybridized carbons (Fsp3) is 0.423. The molecule has 39 heavy (non-hydrogen) atoms. The summed E-state index contributed by atoms with van der Waals surface area (Å²) in [7, 11) is 7.08. The summed E-state index contributed by atoms with van der Waals surface area (Å²) in [5.74, 6) is 1.18. The number of rotatable bonds is 9. The highest BCUT2D eigenvalue weighted by Gasteiger charge is 2.29. The first kappa shape index (κ1) is 26.5. The molecule has 0 saturated carbocycles. The minimum atomic E-state index is -0.405. The van der Waals surface area contributed by atoms with Crippen molar-refractivity contribution in [2.24, 2.45) is 7.05 Å². The zero-order valence-corrected chi connectivity index (χ0v) is 22.9. The minimum absolute atomic E-state index is 0.146. The third-order valence-corrected chi connectivity index (χ3v) is 6.91. The van der Waals surface area contributed by atoms with E-state index in [1.807, 2.05) is 26.2 Å². The van der Waals surface area contributed by atoms with Gasteiger partial charge in [0, 0.05) is 69.9 Å². The maximum absolute atomic E-state index is 13.4. The van der Waals surface area contributed by atoms with Gasteiger partial charge in [0.2, 0.25) is 11.9 Å². The van der Waals surface area contributed by atoms with Gasteiger partial charge >= 0.3 is 0 Å². The van der Waals surface area contributed by atoms with E-state index in [-0.39, 0.29) is 5.91 Å². The Morgan fingerprint density at radius 2 is 1.97 bits per heavy atom. The number of piperazine rings is 1. The average molecular weight is 535 g/mol. The summed E-state index contributed by atoms with van der Waals surface area (Å²) >= 11 is 0. The Kier molecular flexibility index (Phi) is 7.72. The van der Waals surface area contributed by atoms with Gasteiger partial charge in [0.05, 0.1) is 31.1 Å². The van der Waals surface area contributed by atoms with E-state index in [9.17, 15) is 4.79 Å². The highest BCUT2D eigenvalue weighted by Crippen LogP contribution is 2.33. The number of pyridine rings is 1. The second-order valence-corrected chi connectivity index (χ2v) is 9.66. The minimum Gasteiger partial charge on any atom is -0.478 e. The number of nitrogens with one attached hydrogen (secondary N) is 3. The van der Waals surface area contributed by atoms with Crippen molar-refractivity contribution in [3.8, 4) is 17.1 Å². The molecule has 0 aromatic carbocycles. The maximum atomic E-state index is 13.4. The lowest BCUT2D eigenvalue weighted by Gasteiger charge is -2.36. The van der Waals surface area contributed by atoms with Gasteiger partial charge < -0.3 is 30.0 Å². The normalized spacial score (nSPS) is 15.4. The summed E-state index contributed by atoms with van der Waals surface area (Å²) < 4.78 is 12.4. The Balaban J connectivity index is 1.42. The number of aromatic amines is 1. The summed E-state index contributed by atoms with van der Waals surface area (Å²) in [5.41, 5.74) is 3.90. The van der Waals surface area contributed by atoms with Crippen LogP contribution in [-0.2, 0) is 16.6 Å². The van der Waals surface area contributed by atoms with Crippen LogP contribution in [0.5, 0.6) is 5.88 Å². The molecule has 13 heteroatoms. The number of hydrogen-bond donors (Lipinski definition) is 3. The van der Waals surface area contributed by atoms with Crippen LogP contribution >= 0.6 is 0 Å². The lowest BCUT2D eigenvalue weighted by Crippen LogP contribution is -2.54. The van der Waals surface area contributed by atoms with E-state index >= 15 is 0 Å². The molecule has 1 atom stereocenters. The molecule has 4 aromatic rings. The van der Waals surface area contributed by atoms with Crippen LogP contribution in [0.3, 0.4) is 0 Å². The van der Waals surface area contributed by atoms with Crippen molar-refractivity contribution >= 4 is 34.3 Å². The predicted molar refractivity (Wildman–Crippen MR) is 148 cm³/mol. The third kappa shape index (κ3) is 5.55. The van der Waals surface area contributed by atoms with Crippen LogP contribution in [-0.4, -0.2) is 106 Å². The topological polar surface area (TPSA) is 138 Å². The second-order valence-electron chi connectivity index (χ2n) is 9.66. The van der Waals surface area contributed by atoms with E-state index in [0.717, 1.165) is 53.9 Å². The number of anilines is 3. The number of hydrogen-bond acceptors (Lipinski definition) is 10. The van der Waals surface area contributed by atoms with Gasteiger partial charge in [0.1, 0.15) is 11.7 Å². The SMILES string of the molecule is COC[C@H](C(=O)Nc1nccc2c(-c3nc(Nc4cn(C)nc4OC)ncc3C)c[nH]c12)N1CCN(C)CC1. The van der Waals surface area contributed by atoms with Crippen molar-refractivity contribution in [1.29, 1.82) is 0 Å². The van der Waals surface area contributed by atoms with Crippen LogP contribution in [0.25, 0.3) is 22.2 Å². The smallest absolute Gasteiger partial charge is 0.256 e. The number of aromatic nitrogens is 6. The van der Waals surface area contributed by atoms with Gasteiger partial charge in [-0.2, -0.15) is 0 Å². The van der Waals surface area contributed by atoms with Crippen molar-refractivity contribution < 1.29 is 14.3 Å². The predicted octanol–water partition coefficient (Wildman–Crippen LogP) is 2.01. The molecule has 1 aliphatic heterocycles. The molecular formula is C26H34N10O3. The van der Waals surface area contributed by atoms with Gasteiger partial charge in [0.25, 0.3) is 5.88 Å². The molecule has 4 aromatic heterocycles. The molecule has 3 N–H and O–H groups in total. The summed E-state index contributed by atoms with van der Waals surface area (Å²) in [6, 6.07) is 1.50. The molecule has 1 amide bonds. The number of H-pyrrole nitrogens is 1. The number of methoxy groups -OCH3 is 2. The van der Waals surface area contributed by atoms with E-state index < -0.39 is 6.04 Å². The first-order valence-electron chi connectivity index (χ1n) is 12.7. The second kappa shape index (κ2) is 11.4. The van der Waals surface area contributed by atoms with Gasteiger partial charge in [-0.3, -0.25) is 14.4 Å². The van der Waals surface area contributed by atoms with E-state index in [4.69, 9.17) is 14.5 Å². The van der Waals surface area contributed by atoms with Gasteiger partial charge in [-0.25, -0.2) is 15.0 Å². The van der Waals surface area contributed by atoms with Crippen LogP contribution in [0.15, 0.2) is 30.9 Å². The Labute approximate surface area is 226 Å². The molecular weight excluding hydrogens is 500 g/mol. The summed E-state index contributed by atoms with van der Waals surface area (Å²) in [6.45, 7) is 5.68. The van der Waals surface area contributed by atoms with Crippen molar-refractivity contribution in [1.82, 2.24) is 39.5 Å². The molecule has 13 nitrogen and oxygen atoms in total. The Hall–Kier alpha value is -4.07. The zero-order chi connectivity index (χ0) is 27.5. The number of likely N-dealkylation sites (N-methyl/N-ethyl adjacent to an activating group) is 1. The average Bonchev–Trinajstić information content (AvgIpc) is 3.52. The van der Waals surface area contributed by atoms with E-state index in [1.54, 1.807) is 37.5 Å². The molecule has 1 fully saturated rings. The quantitative estimate of drug-likeness (QED) is 0.292. The van der Waals surface area contributed by atoms with Crippen LogP contribution < -0.4 is 15.4 Å². The number of carbonyl (C=O) groups excluding carboxylic acids is 1. The van der Waals surface area contributed by atoms with E-state index in [0.29, 0.717) is 29.9 Å². The third-order valence-electron chi connectivity index (χ3n) is 6.91. The van der Waals surface area contributed by atoms with E-state index in [1.165, 1.54) is 0 Å². The van der Waals surface area contributed by atoms with Crippen LogP contribution in [0, 0.1) is 6.92 Å². The van der Waals surface area contributed by atoms with Gasteiger partial charge in [0.15, 0.2) is 5.82 Å². The number of aryl methyl sites for hydroxylation is 2.